The normalized spacial score (nSPS) is 13.1. The molecule has 0 spiro atoms. The fourth-order valence-corrected chi connectivity index (χ4v) is 9.75. The monoisotopic (exact) mass is 754 g/mol. The molecular weight excluding hydrogens is 717 g/mol. The fourth-order valence-electron chi connectivity index (χ4n) is 9.75. The molecule has 0 aliphatic heterocycles. The maximum absolute atomic E-state index is 5.38. The molecule has 0 N–H and O–H groups in total. The molecule has 0 unspecified atom stereocenters. The Labute approximate surface area is 342 Å². The van der Waals surface area contributed by atoms with Gasteiger partial charge in [-0.1, -0.05) is 159 Å². The summed E-state index contributed by atoms with van der Waals surface area (Å²) in [6.45, 7) is 4.71. The van der Waals surface area contributed by atoms with E-state index >= 15 is 0 Å². The first-order valence-electron chi connectivity index (χ1n) is 20.3. The third-order valence-corrected chi connectivity index (χ3v) is 12.5. The average molecular weight is 755 g/mol. The summed E-state index contributed by atoms with van der Waals surface area (Å²) in [7, 11) is 0. The van der Waals surface area contributed by atoms with Crippen molar-refractivity contribution >= 4 is 43.6 Å². The first-order chi connectivity index (χ1) is 29.0. The van der Waals surface area contributed by atoms with E-state index in [1.807, 2.05) is 6.07 Å². The molecular formula is C55H38N4. The summed E-state index contributed by atoms with van der Waals surface area (Å²) in [6.07, 6.45) is 0. The average Bonchev–Trinajstić information content (AvgIpc) is 3.89. The molecule has 1 aliphatic carbocycles. The Morgan fingerprint density at radius 3 is 1.85 bits per heavy atom. The van der Waals surface area contributed by atoms with Crippen molar-refractivity contribution in [2.24, 2.45) is 0 Å². The van der Waals surface area contributed by atoms with Gasteiger partial charge in [0.1, 0.15) is 5.82 Å². The molecule has 0 atom stereocenters. The van der Waals surface area contributed by atoms with Gasteiger partial charge in [-0.05, 0) is 70.3 Å². The Kier molecular flexibility index (Phi) is 7.24. The molecule has 8 aromatic carbocycles. The zero-order valence-electron chi connectivity index (χ0n) is 32.8. The van der Waals surface area contributed by atoms with E-state index < -0.39 is 0 Å². The highest BCUT2D eigenvalue weighted by atomic mass is 15.1. The summed E-state index contributed by atoms with van der Waals surface area (Å²) in [5.41, 5.74) is 16.2. The van der Waals surface area contributed by atoms with Crippen LogP contribution >= 0.6 is 0 Å². The van der Waals surface area contributed by atoms with Crippen molar-refractivity contribution in [2.75, 3.05) is 0 Å². The van der Waals surface area contributed by atoms with Gasteiger partial charge in [0.25, 0.3) is 0 Å². The van der Waals surface area contributed by atoms with Crippen molar-refractivity contribution in [3.05, 3.63) is 205 Å². The van der Waals surface area contributed by atoms with Gasteiger partial charge in [-0.3, -0.25) is 4.57 Å². The number of hydrogen-bond acceptors (Lipinski definition) is 2. The van der Waals surface area contributed by atoms with E-state index in [1.165, 1.54) is 66.0 Å². The predicted molar refractivity (Wildman–Crippen MR) is 245 cm³/mol. The number of nitrogens with zero attached hydrogens (tertiary/aromatic N) is 4. The Morgan fingerprint density at radius 1 is 0.390 bits per heavy atom. The smallest absolute Gasteiger partial charge is 0.162 e. The van der Waals surface area contributed by atoms with Crippen LogP contribution in [-0.4, -0.2) is 19.1 Å². The van der Waals surface area contributed by atoms with Crippen molar-refractivity contribution in [3.63, 3.8) is 0 Å². The van der Waals surface area contributed by atoms with Crippen molar-refractivity contribution in [2.45, 2.75) is 19.3 Å². The maximum atomic E-state index is 5.38. The van der Waals surface area contributed by atoms with Crippen LogP contribution in [-0.2, 0) is 5.41 Å². The molecule has 3 heterocycles. The third kappa shape index (κ3) is 5.03. The molecule has 0 radical (unpaired) electrons. The maximum Gasteiger partial charge on any atom is 0.162 e. The summed E-state index contributed by atoms with van der Waals surface area (Å²) in [6, 6.07) is 69.9. The van der Waals surface area contributed by atoms with Crippen LogP contribution in [0.2, 0.25) is 0 Å². The van der Waals surface area contributed by atoms with Crippen LogP contribution in [0.15, 0.2) is 194 Å². The lowest BCUT2D eigenvalue weighted by molar-refractivity contribution is 0.661. The molecule has 0 bridgehead atoms. The third-order valence-electron chi connectivity index (χ3n) is 12.5. The van der Waals surface area contributed by atoms with E-state index in [4.69, 9.17) is 9.97 Å². The second kappa shape index (κ2) is 12.7. The zero-order chi connectivity index (χ0) is 39.2. The summed E-state index contributed by atoms with van der Waals surface area (Å²) >= 11 is 0. The minimum atomic E-state index is -0.164. The lowest BCUT2D eigenvalue weighted by atomic mass is 9.82. The molecule has 0 saturated heterocycles. The van der Waals surface area contributed by atoms with Crippen LogP contribution in [0, 0.1) is 0 Å². The van der Waals surface area contributed by atoms with Gasteiger partial charge in [-0.2, -0.15) is 0 Å². The molecule has 1 aliphatic rings. The van der Waals surface area contributed by atoms with Crippen molar-refractivity contribution in [1.82, 2.24) is 19.1 Å². The first-order valence-corrected chi connectivity index (χ1v) is 20.3. The summed E-state index contributed by atoms with van der Waals surface area (Å²) in [5.74, 6) is 1.54. The summed E-state index contributed by atoms with van der Waals surface area (Å²) in [5, 5.41) is 4.87. The molecule has 59 heavy (non-hydrogen) atoms. The number of rotatable bonds is 5. The molecule has 0 saturated carbocycles. The summed E-state index contributed by atoms with van der Waals surface area (Å²) < 4.78 is 4.80. The van der Waals surface area contributed by atoms with Gasteiger partial charge < -0.3 is 4.57 Å². The van der Waals surface area contributed by atoms with Crippen LogP contribution in [0.5, 0.6) is 0 Å². The highest BCUT2D eigenvalue weighted by Crippen LogP contribution is 2.51. The Morgan fingerprint density at radius 2 is 1.03 bits per heavy atom. The quantitative estimate of drug-likeness (QED) is 0.175. The van der Waals surface area contributed by atoms with Crippen molar-refractivity contribution in [3.8, 4) is 56.4 Å². The van der Waals surface area contributed by atoms with Crippen LogP contribution in [0.3, 0.4) is 0 Å². The van der Waals surface area contributed by atoms with Gasteiger partial charge in [0.05, 0.1) is 27.8 Å². The van der Waals surface area contributed by atoms with E-state index in [1.54, 1.807) is 0 Å². The number of aromatic nitrogens is 4. The van der Waals surface area contributed by atoms with Crippen molar-refractivity contribution in [1.29, 1.82) is 0 Å². The molecule has 4 heteroatoms. The number of para-hydroxylation sites is 3. The van der Waals surface area contributed by atoms with E-state index in [9.17, 15) is 0 Å². The van der Waals surface area contributed by atoms with Crippen LogP contribution in [0.4, 0.5) is 0 Å². The molecule has 12 rings (SSSR count). The molecule has 0 fully saturated rings. The van der Waals surface area contributed by atoms with Gasteiger partial charge >= 0.3 is 0 Å². The van der Waals surface area contributed by atoms with E-state index in [0.717, 1.165) is 39.4 Å². The highest BCUT2D eigenvalue weighted by Gasteiger charge is 2.36. The van der Waals surface area contributed by atoms with E-state index in [2.05, 4.69) is 211 Å². The molecule has 11 aromatic rings. The standard InChI is InChI=1S/C55H38N4/c1-55(2)46-27-14-12-23-40(46)43-32-45-44-31-37(39-25-16-26-42-41-24-13-15-28-49(41)58(53(39)42)38-21-10-5-11-22-38)29-30-50(44)59(51(45)33-47(43)55)52-34-48(35-17-6-3-7-18-35)56-54(57-52)36-19-8-4-9-20-36/h3-34H,1-2H3. The minimum absolute atomic E-state index is 0.164. The molecule has 4 nitrogen and oxygen atoms in total. The Hall–Kier alpha value is -7.56. The number of fused-ring (bicyclic) bond motifs is 9. The Bertz CT molecular complexity index is 3390. The Balaban J connectivity index is 1.18. The van der Waals surface area contributed by atoms with Crippen LogP contribution < -0.4 is 0 Å². The van der Waals surface area contributed by atoms with E-state index in [-0.39, 0.29) is 5.41 Å². The lowest BCUT2D eigenvalue weighted by Gasteiger charge is -2.21. The highest BCUT2D eigenvalue weighted by molar-refractivity contribution is 6.16. The summed E-state index contributed by atoms with van der Waals surface area (Å²) in [4.78, 5) is 10.5. The second-order valence-electron chi connectivity index (χ2n) is 16.2. The van der Waals surface area contributed by atoms with E-state index in [0.29, 0.717) is 5.82 Å². The molecule has 278 valence electrons. The van der Waals surface area contributed by atoms with Crippen LogP contribution in [0.1, 0.15) is 25.0 Å². The lowest BCUT2D eigenvalue weighted by Crippen LogP contribution is -2.15. The zero-order valence-corrected chi connectivity index (χ0v) is 32.8. The fraction of sp³-hybridized carbons (Fsp3) is 0.0545. The predicted octanol–water partition coefficient (Wildman–Crippen LogP) is 14.0. The van der Waals surface area contributed by atoms with Gasteiger partial charge in [0.15, 0.2) is 5.82 Å². The molecule has 0 amide bonds. The molecule has 3 aromatic heterocycles. The van der Waals surface area contributed by atoms with Gasteiger partial charge in [0.2, 0.25) is 0 Å². The SMILES string of the molecule is CC1(C)c2ccccc2-c2cc3c4cc(-c5cccc6c7ccccc7n(-c7ccccc7)c56)ccc4n(-c4cc(-c5ccccc5)nc(-c5ccccc5)n4)c3cc21. The minimum Gasteiger partial charge on any atom is -0.309 e. The van der Waals surface area contributed by atoms with Crippen molar-refractivity contribution < 1.29 is 0 Å². The largest absolute Gasteiger partial charge is 0.309 e. The van der Waals surface area contributed by atoms with Gasteiger partial charge in [-0.15, -0.1) is 0 Å². The topological polar surface area (TPSA) is 35.6 Å². The van der Waals surface area contributed by atoms with Gasteiger partial charge in [0, 0.05) is 55.4 Å². The van der Waals surface area contributed by atoms with Crippen LogP contribution in [0.25, 0.3) is 100 Å². The second-order valence-corrected chi connectivity index (χ2v) is 16.2. The first kappa shape index (κ1) is 33.6. The number of benzene rings is 8. The van der Waals surface area contributed by atoms with Gasteiger partial charge in [-0.25, -0.2) is 9.97 Å². The number of hydrogen-bond donors (Lipinski definition) is 0.